The van der Waals surface area contributed by atoms with Crippen LogP contribution in [0.15, 0.2) is 47.4 Å². The molecular formula is C26H28N4O3S. The summed E-state index contributed by atoms with van der Waals surface area (Å²) in [7, 11) is 1.53. The van der Waals surface area contributed by atoms with Gasteiger partial charge in [0.2, 0.25) is 11.8 Å². The number of nitrogens with zero attached hydrogens (tertiary/aromatic N) is 3. The smallest absolute Gasteiger partial charge is 0.233 e. The fraction of sp³-hybridized carbons (Fsp3) is 0.346. The molecule has 8 heteroatoms. The number of ether oxygens (including phenoxy) is 1. The maximum Gasteiger partial charge on any atom is 0.233 e. The van der Waals surface area contributed by atoms with Gasteiger partial charge in [-0.15, -0.1) is 16.9 Å². The number of carbonyl (C=O) groups excluding carboxylic acids is 2. The number of anilines is 1. The molecule has 0 saturated carbocycles. The van der Waals surface area contributed by atoms with Crippen LogP contribution in [0, 0.1) is 6.92 Å². The molecule has 1 aromatic carbocycles. The van der Waals surface area contributed by atoms with Crippen molar-refractivity contribution < 1.29 is 14.3 Å². The van der Waals surface area contributed by atoms with E-state index in [2.05, 4.69) is 27.4 Å². The van der Waals surface area contributed by atoms with Gasteiger partial charge in [-0.25, -0.2) is 4.98 Å². The SMILES string of the molecule is CCSc1ccc(CC(=O)Nc2cc(C)c3c(n2)CCC(C)(c2ccc(OC)nn2)C3=O)cc1. The zero-order valence-electron chi connectivity index (χ0n) is 19.8. The fourth-order valence-corrected chi connectivity index (χ4v) is 4.92. The average Bonchev–Trinajstić information content (AvgIpc) is 2.83. The normalized spacial score (nSPS) is 17.2. The first-order valence-corrected chi connectivity index (χ1v) is 12.3. The number of thioether (sulfide) groups is 1. The molecule has 1 aliphatic carbocycles. The van der Waals surface area contributed by atoms with E-state index in [0.29, 0.717) is 41.5 Å². The largest absolute Gasteiger partial charge is 0.480 e. The molecule has 1 amide bonds. The van der Waals surface area contributed by atoms with Crippen LogP contribution in [0.1, 0.15) is 53.1 Å². The summed E-state index contributed by atoms with van der Waals surface area (Å²) < 4.78 is 5.08. The second-order valence-electron chi connectivity index (χ2n) is 8.57. The van der Waals surface area contributed by atoms with Crippen LogP contribution in [0.5, 0.6) is 5.88 Å². The van der Waals surface area contributed by atoms with Gasteiger partial charge in [-0.3, -0.25) is 9.59 Å². The molecule has 0 bridgehead atoms. The number of methoxy groups -OCH3 is 1. The third-order valence-corrected chi connectivity index (χ3v) is 7.06. The zero-order chi connectivity index (χ0) is 24.3. The summed E-state index contributed by atoms with van der Waals surface area (Å²) in [5, 5.41) is 11.2. The summed E-state index contributed by atoms with van der Waals surface area (Å²) in [6, 6.07) is 13.3. The summed E-state index contributed by atoms with van der Waals surface area (Å²) in [6.07, 6.45) is 1.43. The fourth-order valence-electron chi connectivity index (χ4n) is 4.26. The molecule has 0 spiro atoms. The molecule has 4 rings (SSSR count). The van der Waals surface area contributed by atoms with E-state index in [1.54, 1.807) is 30.0 Å². The van der Waals surface area contributed by atoms with Crippen molar-refractivity contribution in [2.24, 2.45) is 0 Å². The van der Waals surface area contributed by atoms with E-state index in [0.717, 1.165) is 16.9 Å². The van der Waals surface area contributed by atoms with Gasteiger partial charge in [-0.05, 0) is 67.8 Å². The molecular weight excluding hydrogens is 448 g/mol. The van der Waals surface area contributed by atoms with Crippen LogP contribution in [0.25, 0.3) is 0 Å². The van der Waals surface area contributed by atoms with Gasteiger partial charge in [-0.1, -0.05) is 19.1 Å². The van der Waals surface area contributed by atoms with Gasteiger partial charge < -0.3 is 10.1 Å². The van der Waals surface area contributed by atoms with Gasteiger partial charge in [0.25, 0.3) is 0 Å². The minimum atomic E-state index is -0.786. The third kappa shape index (κ3) is 4.82. The van der Waals surface area contributed by atoms with E-state index in [1.165, 1.54) is 12.0 Å². The van der Waals surface area contributed by atoms with Crippen LogP contribution in [0.3, 0.4) is 0 Å². The lowest BCUT2D eigenvalue weighted by Gasteiger charge is -2.33. The van der Waals surface area contributed by atoms with E-state index >= 15 is 0 Å². The molecule has 2 heterocycles. The molecule has 0 saturated heterocycles. The van der Waals surface area contributed by atoms with Crippen LogP contribution in [-0.4, -0.2) is 39.7 Å². The van der Waals surface area contributed by atoms with E-state index in [-0.39, 0.29) is 18.1 Å². The van der Waals surface area contributed by atoms with Crippen molar-refractivity contribution in [1.29, 1.82) is 0 Å². The minimum Gasteiger partial charge on any atom is -0.480 e. The molecule has 2 aromatic heterocycles. The summed E-state index contributed by atoms with van der Waals surface area (Å²) in [4.78, 5) is 32.0. The number of hydrogen-bond donors (Lipinski definition) is 1. The Kier molecular flexibility index (Phi) is 6.97. The molecule has 0 radical (unpaired) electrons. The number of hydrogen-bond acceptors (Lipinski definition) is 7. The molecule has 1 atom stereocenters. The average molecular weight is 477 g/mol. The van der Waals surface area contributed by atoms with Crippen molar-refractivity contribution in [3.8, 4) is 5.88 Å². The lowest BCUT2D eigenvalue weighted by atomic mass is 9.70. The number of aryl methyl sites for hydroxylation is 2. The number of benzene rings is 1. The highest BCUT2D eigenvalue weighted by molar-refractivity contribution is 7.99. The summed E-state index contributed by atoms with van der Waals surface area (Å²) in [5.74, 6) is 1.73. The Bertz CT molecular complexity index is 1210. The molecule has 0 fully saturated rings. The molecule has 0 aliphatic heterocycles. The van der Waals surface area contributed by atoms with Crippen molar-refractivity contribution in [2.75, 3.05) is 18.2 Å². The molecule has 176 valence electrons. The van der Waals surface area contributed by atoms with Gasteiger partial charge in [0.15, 0.2) is 5.78 Å². The number of pyridine rings is 1. The first-order chi connectivity index (χ1) is 16.3. The number of nitrogens with one attached hydrogen (secondary N) is 1. The lowest BCUT2D eigenvalue weighted by Crippen LogP contribution is -2.39. The topological polar surface area (TPSA) is 94.1 Å². The highest BCUT2D eigenvalue weighted by Crippen LogP contribution is 2.38. The Morgan fingerprint density at radius 1 is 1.18 bits per heavy atom. The molecule has 3 aromatic rings. The second-order valence-corrected chi connectivity index (χ2v) is 9.91. The number of Topliss-reactive ketones (excluding diaryl/α,β-unsaturated/α-hetero) is 1. The van der Waals surface area contributed by atoms with Crippen LogP contribution in [0.2, 0.25) is 0 Å². The highest BCUT2D eigenvalue weighted by Gasteiger charge is 2.43. The monoisotopic (exact) mass is 476 g/mol. The first-order valence-electron chi connectivity index (χ1n) is 11.3. The second kappa shape index (κ2) is 9.93. The number of rotatable bonds is 7. The molecule has 7 nitrogen and oxygen atoms in total. The van der Waals surface area contributed by atoms with Gasteiger partial charge >= 0.3 is 0 Å². The van der Waals surface area contributed by atoms with Crippen molar-refractivity contribution in [3.05, 3.63) is 70.5 Å². The van der Waals surface area contributed by atoms with Crippen molar-refractivity contribution in [3.63, 3.8) is 0 Å². The quantitative estimate of drug-likeness (QED) is 0.499. The maximum absolute atomic E-state index is 13.5. The Morgan fingerprint density at radius 3 is 2.59 bits per heavy atom. The number of carbonyl (C=O) groups is 2. The Morgan fingerprint density at radius 2 is 1.94 bits per heavy atom. The van der Waals surface area contributed by atoms with Crippen molar-refractivity contribution in [2.45, 2.75) is 50.3 Å². The lowest BCUT2D eigenvalue weighted by molar-refractivity contribution is -0.115. The Labute approximate surface area is 203 Å². The predicted octanol–water partition coefficient (Wildman–Crippen LogP) is 4.57. The van der Waals surface area contributed by atoms with Crippen LogP contribution < -0.4 is 10.1 Å². The minimum absolute atomic E-state index is 0.0267. The summed E-state index contributed by atoms with van der Waals surface area (Å²) >= 11 is 1.77. The molecule has 1 N–H and O–H groups in total. The van der Waals surface area contributed by atoms with Crippen molar-refractivity contribution in [1.82, 2.24) is 15.2 Å². The van der Waals surface area contributed by atoms with E-state index in [4.69, 9.17) is 4.74 Å². The van der Waals surface area contributed by atoms with E-state index in [1.807, 2.05) is 38.1 Å². The number of aromatic nitrogens is 3. The molecule has 34 heavy (non-hydrogen) atoms. The van der Waals surface area contributed by atoms with Gasteiger partial charge in [0.1, 0.15) is 5.82 Å². The maximum atomic E-state index is 13.5. The summed E-state index contributed by atoms with van der Waals surface area (Å²) in [6.45, 7) is 5.89. The predicted molar refractivity (Wildman–Crippen MR) is 133 cm³/mol. The van der Waals surface area contributed by atoms with E-state index in [9.17, 15) is 9.59 Å². The van der Waals surface area contributed by atoms with Gasteiger partial charge in [-0.2, -0.15) is 5.10 Å². The summed E-state index contributed by atoms with van der Waals surface area (Å²) in [5.41, 5.74) is 2.88. The van der Waals surface area contributed by atoms with E-state index < -0.39 is 5.41 Å². The standard InChI is InChI=1S/C26H28N4O3S/c1-5-34-18-8-6-17(7-9-18)15-22(31)28-21-14-16(2)24-19(27-21)12-13-26(3,25(24)32)20-10-11-23(33-4)30-29-20/h6-11,14H,5,12-13,15H2,1-4H3,(H,27,28,31). The molecule has 1 aliphatic rings. The number of fused-ring (bicyclic) bond motifs is 1. The number of amides is 1. The first kappa shape index (κ1) is 23.9. The van der Waals surface area contributed by atoms with Crippen LogP contribution in [-0.2, 0) is 23.1 Å². The third-order valence-electron chi connectivity index (χ3n) is 6.16. The Balaban J connectivity index is 1.50. The van der Waals surface area contributed by atoms with Crippen LogP contribution in [0.4, 0.5) is 5.82 Å². The van der Waals surface area contributed by atoms with Gasteiger partial charge in [0.05, 0.1) is 30.3 Å². The van der Waals surface area contributed by atoms with Gasteiger partial charge in [0, 0.05) is 16.5 Å². The Hall–Kier alpha value is -3.26. The molecule has 1 unspecified atom stereocenters. The number of ketones is 1. The highest BCUT2D eigenvalue weighted by atomic mass is 32.2. The zero-order valence-corrected chi connectivity index (χ0v) is 20.7. The van der Waals surface area contributed by atoms with Crippen LogP contribution >= 0.6 is 11.8 Å². The van der Waals surface area contributed by atoms with Crippen molar-refractivity contribution >= 4 is 29.3 Å².